The van der Waals surface area contributed by atoms with Gasteiger partial charge in [0.15, 0.2) is 5.96 Å². The van der Waals surface area contributed by atoms with Crippen molar-refractivity contribution in [3.05, 3.63) is 0 Å². The number of rotatable bonds is 9. The van der Waals surface area contributed by atoms with Crippen molar-refractivity contribution < 1.29 is 29.7 Å². The van der Waals surface area contributed by atoms with Gasteiger partial charge in [0, 0.05) is 6.54 Å². The van der Waals surface area contributed by atoms with Crippen molar-refractivity contribution in [1.82, 2.24) is 10.6 Å². The monoisotopic (exact) mass is 420 g/mol. The van der Waals surface area contributed by atoms with Crippen LogP contribution < -0.4 is 27.8 Å². The van der Waals surface area contributed by atoms with Gasteiger partial charge in [-0.25, -0.2) is 0 Å². The fourth-order valence-corrected chi connectivity index (χ4v) is 2.06. The van der Waals surface area contributed by atoms with Crippen molar-refractivity contribution >= 4 is 23.9 Å². The number of carboxylic acids is 3. The normalized spacial score (nSPS) is 18.0. The molecule has 0 saturated carbocycles. The van der Waals surface area contributed by atoms with Gasteiger partial charge in [-0.05, 0) is 38.1 Å². The molecule has 12 nitrogen and oxygen atoms in total. The van der Waals surface area contributed by atoms with Crippen molar-refractivity contribution in [1.29, 1.82) is 5.41 Å². The van der Waals surface area contributed by atoms with Gasteiger partial charge in [0.2, 0.25) is 0 Å². The first-order valence-electron chi connectivity index (χ1n) is 9.44. The topological polar surface area (TPSA) is 238 Å². The second-order valence-electron chi connectivity index (χ2n) is 6.66. The number of carboxylic acid groups (broad SMARTS) is 3. The zero-order valence-electron chi connectivity index (χ0n) is 17.1. The summed E-state index contributed by atoms with van der Waals surface area (Å²) < 4.78 is 0. The number of hydrogen-bond donors (Lipinski definition) is 9. The highest BCUT2D eigenvalue weighted by Gasteiger charge is 2.20. The van der Waals surface area contributed by atoms with Gasteiger partial charge in [0.05, 0.1) is 0 Å². The summed E-state index contributed by atoms with van der Waals surface area (Å²) in [7, 11) is 0. The van der Waals surface area contributed by atoms with Crippen LogP contribution >= 0.6 is 0 Å². The van der Waals surface area contributed by atoms with E-state index in [-0.39, 0.29) is 17.9 Å². The number of hydrogen-bond acceptors (Lipinski definition) is 7. The Morgan fingerprint density at radius 3 is 2.07 bits per heavy atom. The molecule has 1 fully saturated rings. The molecule has 0 spiro atoms. The zero-order chi connectivity index (χ0) is 23.0. The van der Waals surface area contributed by atoms with Crippen molar-refractivity contribution in [2.45, 2.75) is 64.1 Å². The van der Waals surface area contributed by atoms with Crippen LogP contribution in [0.1, 0.15) is 46.0 Å². The standard InChI is InChI=1S/C6H14N4O2.C6H13NO2.C5H9NO2/c7-4(5(11)12)2-1-3-10-6(8)9;1-3-4(2)5(7)6(8)9;7-5(8)4-2-1-3-6-4/h4H,1-3,7H2,(H,11,12)(H4,8,9,10);4-5H,3,7H2,1-2H3,(H,8,9);4,6H,1-3H2,(H,7,8)/t4-;4-,5-;4-/m000/s1. The van der Waals surface area contributed by atoms with Crippen molar-refractivity contribution in [3.63, 3.8) is 0 Å². The molecular formula is C17H36N6O6. The lowest BCUT2D eigenvalue weighted by molar-refractivity contribution is -0.140. The smallest absolute Gasteiger partial charge is 0.320 e. The zero-order valence-corrected chi connectivity index (χ0v) is 17.1. The van der Waals surface area contributed by atoms with Crippen LogP contribution in [0.5, 0.6) is 0 Å². The number of aliphatic carboxylic acids is 3. The van der Waals surface area contributed by atoms with Gasteiger partial charge in [0.25, 0.3) is 0 Å². The van der Waals surface area contributed by atoms with Crippen LogP contribution in [0.4, 0.5) is 0 Å². The third-order valence-corrected chi connectivity index (χ3v) is 4.23. The van der Waals surface area contributed by atoms with Crippen molar-refractivity contribution in [2.75, 3.05) is 13.1 Å². The van der Waals surface area contributed by atoms with E-state index in [2.05, 4.69) is 10.6 Å². The molecule has 12 heteroatoms. The first-order valence-corrected chi connectivity index (χ1v) is 9.44. The lowest BCUT2D eigenvalue weighted by Crippen LogP contribution is -2.36. The summed E-state index contributed by atoms with van der Waals surface area (Å²) in [4.78, 5) is 30.5. The average Bonchev–Trinajstić information content (AvgIpc) is 3.19. The summed E-state index contributed by atoms with van der Waals surface area (Å²) in [5.74, 6) is -2.67. The van der Waals surface area contributed by atoms with E-state index in [0.717, 1.165) is 25.8 Å². The summed E-state index contributed by atoms with van der Waals surface area (Å²) >= 11 is 0. The quantitative estimate of drug-likeness (QED) is 0.123. The summed E-state index contributed by atoms with van der Waals surface area (Å²) in [5.41, 5.74) is 15.5. The van der Waals surface area contributed by atoms with Crippen LogP contribution in [-0.2, 0) is 14.4 Å². The lowest BCUT2D eigenvalue weighted by Gasteiger charge is -2.11. The van der Waals surface area contributed by atoms with Crippen molar-refractivity contribution in [2.24, 2.45) is 23.1 Å². The van der Waals surface area contributed by atoms with E-state index in [1.165, 1.54) is 0 Å². The van der Waals surface area contributed by atoms with Gasteiger partial charge in [0.1, 0.15) is 18.1 Å². The molecule has 0 aromatic carbocycles. The van der Waals surface area contributed by atoms with Crippen LogP contribution in [0.2, 0.25) is 0 Å². The van der Waals surface area contributed by atoms with Crippen molar-refractivity contribution in [3.8, 4) is 0 Å². The Hall–Kier alpha value is -2.44. The predicted octanol–water partition coefficient (Wildman–Crippen LogP) is -1.07. The van der Waals surface area contributed by atoms with E-state index in [1.807, 2.05) is 13.8 Å². The molecule has 1 rings (SSSR count). The van der Waals surface area contributed by atoms with Crippen LogP contribution in [0.3, 0.4) is 0 Å². The van der Waals surface area contributed by atoms with E-state index in [1.54, 1.807) is 0 Å². The van der Waals surface area contributed by atoms with Gasteiger partial charge in [-0.3, -0.25) is 19.8 Å². The number of nitrogens with one attached hydrogen (secondary N) is 3. The minimum atomic E-state index is -1.00. The van der Waals surface area contributed by atoms with Gasteiger partial charge in [-0.15, -0.1) is 0 Å². The maximum absolute atomic E-state index is 10.2. The summed E-state index contributed by atoms with van der Waals surface area (Å²) in [6.07, 6.45) is 3.57. The number of nitrogens with two attached hydrogens (primary N) is 3. The Balaban J connectivity index is 0. The Labute approximate surface area is 170 Å². The number of guanidine groups is 1. The highest BCUT2D eigenvalue weighted by molar-refractivity contribution is 5.74. The van der Waals surface area contributed by atoms with E-state index < -0.39 is 30.0 Å². The fraction of sp³-hybridized carbons (Fsp3) is 0.765. The highest BCUT2D eigenvalue weighted by Crippen LogP contribution is 2.04. The SMILES string of the molecule is CC[C@H](C)[C@H](N)C(=O)O.N=C(N)NCCC[C@H](N)C(=O)O.O=C(O)[C@@H]1CCCN1. The van der Waals surface area contributed by atoms with Gasteiger partial charge in [-0.2, -0.15) is 0 Å². The lowest BCUT2D eigenvalue weighted by atomic mass is 10.0. The van der Waals surface area contributed by atoms with E-state index in [0.29, 0.717) is 19.4 Å². The molecule has 0 amide bonds. The molecule has 0 aliphatic carbocycles. The minimum Gasteiger partial charge on any atom is -0.480 e. The molecule has 1 aliphatic rings. The van der Waals surface area contributed by atoms with E-state index in [9.17, 15) is 14.4 Å². The van der Waals surface area contributed by atoms with Gasteiger partial charge >= 0.3 is 17.9 Å². The molecule has 0 aromatic heterocycles. The molecule has 1 aliphatic heterocycles. The predicted molar refractivity (Wildman–Crippen MR) is 108 cm³/mol. The summed E-state index contributed by atoms with van der Waals surface area (Å²) in [6.45, 7) is 5.10. The van der Waals surface area contributed by atoms with Crippen LogP contribution in [0.25, 0.3) is 0 Å². The van der Waals surface area contributed by atoms with Crippen LogP contribution in [0, 0.1) is 11.3 Å². The third-order valence-electron chi connectivity index (χ3n) is 4.23. The fourth-order valence-electron chi connectivity index (χ4n) is 2.06. The molecule has 0 bridgehead atoms. The molecule has 4 atom stereocenters. The Morgan fingerprint density at radius 1 is 1.21 bits per heavy atom. The van der Waals surface area contributed by atoms with Crippen LogP contribution in [0.15, 0.2) is 0 Å². The van der Waals surface area contributed by atoms with Gasteiger partial charge in [-0.1, -0.05) is 20.3 Å². The van der Waals surface area contributed by atoms with Crippen LogP contribution in [-0.4, -0.2) is 70.4 Å². The summed E-state index contributed by atoms with van der Waals surface area (Å²) in [5, 5.41) is 37.3. The Kier molecular flexibility index (Phi) is 16.4. The van der Waals surface area contributed by atoms with E-state index >= 15 is 0 Å². The first kappa shape index (κ1) is 28.8. The molecule has 1 heterocycles. The maximum atomic E-state index is 10.2. The first-order chi connectivity index (χ1) is 13.4. The summed E-state index contributed by atoms with van der Waals surface area (Å²) in [6, 6.07) is -1.79. The molecule has 170 valence electrons. The highest BCUT2D eigenvalue weighted by atomic mass is 16.4. The molecule has 0 aromatic rings. The average molecular weight is 421 g/mol. The Bertz CT molecular complexity index is 513. The largest absolute Gasteiger partial charge is 0.480 e. The maximum Gasteiger partial charge on any atom is 0.320 e. The molecule has 12 N–H and O–H groups in total. The molecule has 1 saturated heterocycles. The third kappa shape index (κ3) is 16.2. The van der Waals surface area contributed by atoms with E-state index in [4.69, 9.17) is 37.9 Å². The second kappa shape index (κ2) is 16.5. The molecule has 0 unspecified atom stereocenters. The Morgan fingerprint density at radius 2 is 1.79 bits per heavy atom. The van der Waals surface area contributed by atoms with Gasteiger partial charge < -0.3 is 43.2 Å². The molecular weight excluding hydrogens is 384 g/mol. The number of carbonyl (C=O) groups is 3. The second-order valence-corrected chi connectivity index (χ2v) is 6.66. The molecule has 29 heavy (non-hydrogen) atoms. The minimum absolute atomic E-state index is 0.0718. The molecule has 0 radical (unpaired) electrons.